The Morgan fingerprint density at radius 3 is 2.51 bits per heavy atom. The molecule has 190 valence electrons. The number of nitrogens with zero attached hydrogens (tertiary/aromatic N) is 1. The Balaban J connectivity index is 2.22. The van der Waals surface area contributed by atoms with Gasteiger partial charge in [0.15, 0.2) is 11.5 Å². The number of hydrogen-bond donors (Lipinski definition) is 1. The van der Waals surface area contributed by atoms with Gasteiger partial charge >= 0.3 is 0 Å². The number of fused-ring (bicyclic) bond motifs is 1. The molecule has 1 aliphatic rings. The third-order valence-electron chi connectivity index (χ3n) is 5.32. The van der Waals surface area contributed by atoms with Gasteiger partial charge < -0.3 is 23.7 Å². The second-order valence-corrected chi connectivity index (χ2v) is 10.3. The molecule has 35 heavy (non-hydrogen) atoms. The number of halogens is 1. The fourth-order valence-electron chi connectivity index (χ4n) is 4.00. The number of ether oxygens (including phenoxy) is 3. The van der Waals surface area contributed by atoms with E-state index in [2.05, 4.69) is 0 Å². The zero-order valence-electron chi connectivity index (χ0n) is 20.1. The van der Waals surface area contributed by atoms with Crippen molar-refractivity contribution >= 4 is 40.4 Å². The normalized spacial score (nSPS) is 18.9. The van der Waals surface area contributed by atoms with Crippen LogP contribution < -0.4 is 19.1 Å². The van der Waals surface area contributed by atoms with Crippen LogP contribution in [-0.2, 0) is 25.6 Å². The summed E-state index contributed by atoms with van der Waals surface area (Å²) >= 11 is 3.54. The number of rotatable bonds is 7. The summed E-state index contributed by atoms with van der Waals surface area (Å²) < 4.78 is 41.1. The molecule has 1 heterocycles. The molecule has 0 fully saturated rings. The molecule has 0 saturated heterocycles. The Hall–Kier alpha value is -2.66. The van der Waals surface area contributed by atoms with Crippen molar-refractivity contribution < 1.29 is 32.6 Å². The van der Waals surface area contributed by atoms with Crippen molar-refractivity contribution in [3.8, 4) is 11.5 Å². The molecule has 1 N–H and O–H groups in total. The van der Waals surface area contributed by atoms with E-state index in [0.29, 0.717) is 39.9 Å². The van der Waals surface area contributed by atoms with Crippen molar-refractivity contribution in [2.75, 3.05) is 25.7 Å². The number of benzene rings is 2. The monoisotopic (exact) mass is 523 g/mol. The summed E-state index contributed by atoms with van der Waals surface area (Å²) in [6.45, 7) is 6.25. The highest BCUT2D eigenvalue weighted by molar-refractivity contribution is 7.77. The molecule has 1 unspecified atom stereocenters. The molecule has 0 spiro atoms. The minimum absolute atomic E-state index is 0.302. The van der Waals surface area contributed by atoms with Gasteiger partial charge in [-0.05, 0) is 29.7 Å². The molecule has 0 saturated carbocycles. The topological polar surface area (TPSA) is 117 Å². The molecule has 1 aliphatic heterocycles. The summed E-state index contributed by atoms with van der Waals surface area (Å²) in [4.78, 5) is 27.6. The Kier molecular flexibility index (Phi) is 8.42. The van der Waals surface area contributed by atoms with Crippen LogP contribution in [-0.4, -0.2) is 47.4 Å². The first-order valence-electron chi connectivity index (χ1n) is 10.8. The van der Waals surface area contributed by atoms with Gasteiger partial charge in [-0.2, -0.15) is 0 Å². The number of para-hydroxylation sites is 1. The molecule has 3 atom stereocenters. The van der Waals surface area contributed by atoms with Gasteiger partial charge in [0, 0.05) is 39.6 Å². The van der Waals surface area contributed by atoms with Gasteiger partial charge in [0.05, 0.1) is 20.6 Å². The number of nitrogens with one attached hydrogen (secondary N) is 1. The maximum Gasteiger partial charge on any atom is 0.256 e. The van der Waals surface area contributed by atoms with Crippen LogP contribution in [0.4, 0.5) is 5.69 Å². The summed E-state index contributed by atoms with van der Waals surface area (Å²) in [6, 6.07) is 10.4. The lowest BCUT2D eigenvalue weighted by Crippen LogP contribution is -2.45. The van der Waals surface area contributed by atoms with Crippen LogP contribution in [0.5, 0.6) is 11.5 Å². The predicted molar refractivity (Wildman–Crippen MR) is 131 cm³/mol. The van der Waals surface area contributed by atoms with Gasteiger partial charge in [-0.3, -0.25) is 18.5 Å². The largest absolute Gasteiger partial charge is 0.755 e. The third kappa shape index (κ3) is 6.32. The van der Waals surface area contributed by atoms with Gasteiger partial charge in [0.25, 0.3) is 5.91 Å². The number of amides is 2. The minimum atomic E-state index is -2.82. The van der Waals surface area contributed by atoms with Gasteiger partial charge in [-0.25, -0.2) is 0 Å². The van der Waals surface area contributed by atoms with Gasteiger partial charge in [0.2, 0.25) is 5.91 Å². The second-order valence-electron chi connectivity index (χ2n) is 9.24. The average molecular weight is 524 g/mol. The van der Waals surface area contributed by atoms with Crippen LogP contribution in [0.15, 0.2) is 36.4 Å². The average Bonchev–Trinajstić information content (AvgIpc) is 2.87. The van der Waals surface area contributed by atoms with Crippen molar-refractivity contribution in [2.45, 2.75) is 39.4 Å². The smallest absolute Gasteiger partial charge is 0.256 e. The molecule has 2 amide bonds. The molecule has 0 radical (unpaired) electrons. The van der Waals surface area contributed by atoms with Crippen molar-refractivity contribution in [2.24, 2.45) is 5.41 Å². The van der Waals surface area contributed by atoms with E-state index in [9.17, 15) is 18.4 Å². The Morgan fingerprint density at radius 2 is 1.91 bits per heavy atom. The molecule has 9 nitrogen and oxygen atoms in total. The van der Waals surface area contributed by atoms with Crippen LogP contribution in [0.1, 0.15) is 44.4 Å². The zero-order valence-corrected chi connectivity index (χ0v) is 21.7. The fraction of sp³-hybridized carbons (Fsp3) is 0.417. The fourth-order valence-corrected chi connectivity index (χ4v) is 4.45. The van der Waals surface area contributed by atoms with Crippen molar-refractivity contribution in [1.29, 1.82) is 0 Å². The third-order valence-corrected chi connectivity index (χ3v) is 5.95. The first kappa shape index (κ1) is 26.9. The van der Waals surface area contributed by atoms with Gasteiger partial charge in [0.1, 0.15) is 12.2 Å². The molecule has 2 aromatic carbocycles. The summed E-state index contributed by atoms with van der Waals surface area (Å²) in [5.74, 6) is -0.491. The lowest BCUT2D eigenvalue weighted by molar-refractivity contribution is -0.137. The zero-order chi connectivity index (χ0) is 25.9. The van der Waals surface area contributed by atoms with Crippen LogP contribution in [0.3, 0.4) is 0 Å². The first-order chi connectivity index (χ1) is 16.4. The summed E-state index contributed by atoms with van der Waals surface area (Å²) in [5.41, 5.74) is 1.42. The standard InChI is InChI=1S/C24H29ClN2O7S/c1-24(2,3)13-27-17-10-9-14(25)11-16(17)21(15-7-6-8-18(32-4)22(15)33-5)34-19(23(27)29)12-20(28)26-35(30)31/h6-11,19,21H,12-13H2,1-5H3,(H,26,28)(H,30,31)/p-1/t19-,21-/m1/s1. The van der Waals surface area contributed by atoms with E-state index in [1.807, 2.05) is 20.8 Å². The van der Waals surface area contributed by atoms with Crippen molar-refractivity contribution in [1.82, 2.24) is 4.72 Å². The number of carbonyl (C=O) groups is 2. The molecular formula is C24H28ClN2O7S-. The lowest BCUT2D eigenvalue weighted by Gasteiger charge is -2.31. The van der Waals surface area contributed by atoms with E-state index in [-0.39, 0.29) is 5.41 Å². The Labute approximate surface area is 212 Å². The summed E-state index contributed by atoms with van der Waals surface area (Å²) in [6.07, 6.45) is -2.66. The highest BCUT2D eigenvalue weighted by Gasteiger charge is 2.40. The molecule has 11 heteroatoms. The SMILES string of the molecule is COc1cccc([C@H]2O[C@H](CC(=O)NS(=O)[O-])C(=O)N(CC(C)(C)C)c3ccc(Cl)cc32)c1OC. The minimum Gasteiger partial charge on any atom is -0.755 e. The molecule has 0 aromatic heterocycles. The predicted octanol–water partition coefficient (Wildman–Crippen LogP) is 3.52. The van der Waals surface area contributed by atoms with Crippen molar-refractivity contribution in [3.05, 3.63) is 52.5 Å². The molecular weight excluding hydrogens is 496 g/mol. The lowest BCUT2D eigenvalue weighted by atomic mass is 9.94. The number of hydrogen-bond acceptors (Lipinski definition) is 7. The molecule has 3 rings (SSSR count). The first-order valence-corrected chi connectivity index (χ1v) is 12.3. The van der Waals surface area contributed by atoms with Crippen LogP contribution >= 0.6 is 11.6 Å². The summed E-state index contributed by atoms with van der Waals surface area (Å²) in [5, 5.41) is 0.431. The number of anilines is 1. The van der Waals surface area contributed by atoms with Crippen LogP contribution in [0, 0.1) is 5.41 Å². The molecule has 2 aromatic rings. The maximum atomic E-state index is 13.7. The second kappa shape index (κ2) is 10.9. The van der Waals surface area contributed by atoms with Gasteiger partial charge in [-0.1, -0.05) is 44.5 Å². The van der Waals surface area contributed by atoms with E-state index in [1.54, 1.807) is 46.0 Å². The van der Waals surface area contributed by atoms with E-state index in [1.165, 1.54) is 14.2 Å². The van der Waals surface area contributed by atoms with Crippen LogP contribution in [0.2, 0.25) is 5.02 Å². The Morgan fingerprint density at radius 1 is 1.20 bits per heavy atom. The highest BCUT2D eigenvalue weighted by atomic mass is 35.5. The molecule has 0 bridgehead atoms. The summed E-state index contributed by atoms with van der Waals surface area (Å²) in [7, 11) is 2.99. The number of carbonyl (C=O) groups excluding carboxylic acids is 2. The van der Waals surface area contributed by atoms with E-state index < -0.39 is 41.7 Å². The van der Waals surface area contributed by atoms with Gasteiger partial charge in [-0.15, -0.1) is 0 Å². The molecule has 0 aliphatic carbocycles. The van der Waals surface area contributed by atoms with Crippen LogP contribution in [0.25, 0.3) is 0 Å². The van der Waals surface area contributed by atoms with E-state index in [0.717, 1.165) is 0 Å². The van der Waals surface area contributed by atoms with E-state index in [4.69, 9.17) is 25.8 Å². The number of methoxy groups -OCH3 is 2. The van der Waals surface area contributed by atoms with Crippen molar-refractivity contribution in [3.63, 3.8) is 0 Å². The highest BCUT2D eigenvalue weighted by Crippen LogP contribution is 2.45. The quantitative estimate of drug-likeness (QED) is 0.552. The van der Waals surface area contributed by atoms with E-state index >= 15 is 0 Å². The Bertz CT molecular complexity index is 1140. The maximum absolute atomic E-state index is 13.7.